The predicted molar refractivity (Wildman–Crippen MR) is 100 cm³/mol. The second-order valence-electron chi connectivity index (χ2n) is 6.66. The Labute approximate surface area is 153 Å². The van der Waals surface area contributed by atoms with Crippen molar-refractivity contribution in [3.8, 4) is 0 Å². The summed E-state index contributed by atoms with van der Waals surface area (Å²) < 4.78 is 0. The molecule has 5 nitrogen and oxygen atoms in total. The molecule has 5 heteroatoms. The molecule has 0 spiro atoms. The third-order valence-corrected chi connectivity index (χ3v) is 4.72. The third kappa shape index (κ3) is 3.67. The van der Waals surface area contributed by atoms with E-state index >= 15 is 0 Å². The lowest BCUT2D eigenvalue weighted by molar-refractivity contribution is -0.143. The van der Waals surface area contributed by atoms with E-state index < -0.39 is 5.54 Å². The summed E-state index contributed by atoms with van der Waals surface area (Å²) in [5.74, 6) is -0.323. The second-order valence-corrected chi connectivity index (χ2v) is 6.66. The molecule has 2 amide bonds. The van der Waals surface area contributed by atoms with Gasteiger partial charge in [0, 0.05) is 13.1 Å². The van der Waals surface area contributed by atoms with Crippen molar-refractivity contribution < 1.29 is 9.59 Å². The van der Waals surface area contributed by atoms with Crippen molar-refractivity contribution in [2.24, 2.45) is 0 Å². The van der Waals surface area contributed by atoms with Crippen LogP contribution in [0.1, 0.15) is 25.1 Å². The molecule has 134 valence electrons. The average molecular weight is 349 g/mol. The molecule has 2 aromatic rings. The molecular weight excluding hydrogens is 326 g/mol. The van der Waals surface area contributed by atoms with E-state index in [2.05, 4.69) is 10.3 Å². The summed E-state index contributed by atoms with van der Waals surface area (Å²) in [7, 11) is 0. The molecular formula is C21H23N3O2. The zero-order valence-electron chi connectivity index (χ0n) is 15.1. The van der Waals surface area contributed by atoms with Gasteiger partial charge in [-0.15, -0.1) is 0 Å². The molecule has 1 aromatic heterocycles. The fraction of sp³-hybridized carbons (Fsp3) is 0.286. The van der Waals surface area contributed by atoms with Crippen molar-refractivity contribution in [2.45, 2.75) is 38.4 Å². The summed E-state index contributed by atoms with van der Waals surface area (Å²) in [5, 5.41) is 2.90. The first-order valence-electron chi connectivity index (χ1n) is 8.72. The van der Waals surface area contributed by atoms with E-state index in [0.29, 0.717) is 13.0 Å². The Kier molecular flexibility index (Phi) is 5.16. The van der Waals surface area contributed by atoms with Crippen LogP contribution in [0.3, 0.4) is 0 Å². The van der Waals surface area contributed by atoms with Gasteiger partial charge < -0.3 is 10.2 Å². The van der Waals surface area contributed by atoms with E-state index in [0.717, 1.165) is 11.3 Å². The Morgan fingerprint density at radius 3 is 2.54 bits per heavy atom. The van der Waals surface area contributed by atoms with Crippen LogP contribution < -0.4 is 5.32 Å². The third-order valence-electron chi connectivity index (χ3n) is 4.72. The van der Waals surface area contributed by atoms with Gasteiger partial charge in [-0.25, -0.2) is 0 Å². The average Bonchev–Trinajstić information content (AvgIpc) is 2.99. The predicted octanol–water partition coefficient (Wildman–Crippen LogP) is 2.49. The van der Waals surface area contributed by atoms with Crippen LogP contribution in [0.2, 0.25) is 0 Å². The molecule has 2 heterocycles. The van der Waals surface area contributed by atoms with Gasteiger partial charge in [-0.1, -0.05) is 48.6 Å². The quantitative estimate of drug-likeness (QED) is 0.844. The first-order chi connectivity index (χ1) is 12.5. The Morgan fingerprint density at radius 1 is 1.15 bits per heavy atom. The van der Waals surface area contributed by atoms with Crippen LogP contribution in [0, 0.1) is 0 Å². The molecule has 1 aliphatic heterocycles. The summed E-state index contributed by atoms with van der Waals surface area (Å²) in [6.45, 7) is 3.62. The number of carbonyl (C=O) groups excluding carboxylic acids is 2. The Balaban J connectivity index is 1.73. The number of rotatable bonds is 5. The van der Waals surface area contributed by atoms with Crippen molar-refractivity contribution in [1.29, 1.82) is 0 Å². The number of pyridine rings is 1. The van der Waals surface area contributed by atoms with Gasteiger partial charge in [0.1, 0.15) is 5.54 Å². The van der Waals surface area contributed by atoms with Gasteiger partial charge in [0.2, 0.25) is 11.8 Å². The standard InChI is InChI=1S/C21H23N3O2/c1-16(25)24-19(14-17-8-4-3-5-9-17)11-12-21(24,2)20(26)23-15-18-10-6-7-13-22-18/h3-13,19H,14-15H2,1-2H3,(H,23,26)/t19-,21+/m0/s1. The zero-order chi connectivity index (χ0) is 18.6. The maximum Gasteiger partial charge on any atom is 0.250 e. The summed E-state index contributed by atoms with van der Waals surface area (Å²) in [4.78, 5) is 31.1. The van der Waals surface area contributed by atoms with Gasteiger partial charge in [0.25, 0.3) is 0 Å². The summed E-state index contributed by atoms with van der Waals surface area (Å²) in [5.41, 5.74) is 0.910. The molecule has 1 aliphatic rings. The van der Waals surface area contributed by atoms with E-state index in [9.17, 15) is 9.59 Å². The number of amides is 2. The fourth-order valence-corrected chi connectivity index (χ4v) is 3.42. The molecule has 0 unspecified atom stereocenters. The minimum Gasteiger partial charge on any atom is -0.348 e. The van der Waals surface area contributed by atoms with Gasteiger partial charge in [-0.3, -0.25) is 14.6 Å². The van der Waals surface area contributed by atoms with Crippen LogP contribution >= 0.6 is 0 Å². The van der Waals surface area contributed by atoms with Crippen molar-refractivity contribution in [2.75, 3.05) is 0 Å². The number of benzene rings is 1. The maximum atomic E-state index is 12.9. The fourth-order valence-electron chi connectivity index (χ4n) is 3.42. The van der Waals surface area contributed by atoms with Crippen LogP contribution in [0.5, 0.6) is 0 Å². The van der Waals surface area contributed by atoms with E-state index in [4.69, 9.17) is 0 Å². The van der Waals surface area contributed by atoms with Crippen LogP contribution in [0.4, 0.5) is 0 Å². The topological polar surface area (TPSA) is 62.3 Å². The van der Waals surface area contributed by atoms with Gasteiger partial charge in [-0.05, 0) is 31.0 Å². The number of nitrogens with one attached hydrogen (secondary N) is 1. The highest BCUT2D eigenvalue weighted by atomic mass is 16.2. The van der Waals surface area contributed by atoms with Gasteiger partial charge >= 0.3 is 0 Å². The highest BCUT2D eigenvalue weighted by Crippen LogP contribution is 2.30. The van der Waals surface area contributed by atoms with Gasteiger partial charge in [0.15, 0.2) is 0 Å². The molecule has 0 saturated carbocycles. The molecule has 1 N–H and O–H groups in total. The minimum atomic E-state index is -1.000. The van der Waals surface area contributed by atoms with Crippen molar-refractivity contribution >= 4 is 11.8 Å². The number of aromatic nitrogens is 1. The zero-order valence-corrected chi connectivity index (χ0v) is 15.1. The Hall–Kier alpha value is -2.95. The van der Waals surface area contributed by atoms with Gasteiger partial charge in [-0.2, -0.15) is 0 Å². The lowest BCUT2D eigenvalue weighted by Crippen LogP contribution is -2.57. The summed E-state index contributed by atoms with van der Waals surface area (Å²) in [6.07, 6.45) is 6.15. The first kappa shape index (κ1) is 17.9. The number of hydrogen-bond acceptors (Lipinski definition) is 3. The molecule has 1 aromatic carbocycles. The summed E-state index contributed by atoms with van der Waals surface area (Å²) in [6, 6.07) is 15.4. The highest BCUT2D eigenvalue weighted by Gasteiger charge is 2.45. The van der Waals surface area contributed by atoms with Crippen LogP contribution in [0.15, 0.2) is 66.9 Å². The smallest absolute Gasteiger partial charge is 0.250 e. The molecule has 26 heavy (non-hydrogen) atoms. The monoisotopic (exact) mass is 349 g/mol. The SMILES string of the molecule is CC(=O)N1[C@H](Cc2ccccc2)C=C[C@]1(C)C(=O)NCc1ccccn1. The molecule has 0 fully saturated rings. The molecule has 0 bridgehead atoms. The largest absolute Gasteiger partial charge is 0.348 e. The Morgan fingerprint density at radius 2 is 1.88 bits per heavy atom. The van der Waals surface area contributed by atoms with E-state index in [-0.39, 0.29) is 17.9 Å². The number of carbonyl (C=O) groups is 2. The molecule has 2 atom stereocenters. The highest BCUT2D eigenvalue weighted by molar-refractivity contribution is 5.93. The van der Waals surface area contributed by atoms with Crippen LogP contribution in [0.25, 0.3) is 0 Å². The molecule has 0 aliphatic carbocycles. The normalized spacial score (nSPS) is 21.6. The number of nitrogens with zero attached hydrogens (tertiary/aromatic N) is 2. The maximum absolute atomic E-state index is 12.9. The second kappa shape index (κ2) is 7.52. The first-order valence-corrected chi connectivity index (χ1v) is 8.72. The number of hydrogen-bond donors (Lipinski definition) is 1. The Bertz CT molecular complexity index is 805. The molecule has 0 radical (unpaired) electrons. The van der Waals surface area contributed by atoms with Gasteiger partial charge in [0.05, 0.1) is 18.3 Å². The lowest BCUT2D eigenvalue weighted by atomic mass is 10.00. The van der Waals surface area contributed by atoms with Crippen molar-refractivity contribution in [3.05, 3.63) is 78.1 Å². The molecule has 3 rings (SSSR count). The van der Waals surface area contributed by atoms with Crippen LogP contribution in [-0.2, 0) is 22.6 Å². The minimum absolute atomic E-state index is 0.119. The van der Waals surface area contributed by atoms with Crippen molar-refractivity contribution in [3.63, 3.8) is 0 Å². The summed E-state index contributed by atoms with van der Waals surface area (Å²) >= 11 is 0. The lowest BCUT2D eigenvalue weighted by Gasteiger charge is -2.37. The van der Waals surface area contributed by atoms with Crippen molar-refractivity contribution in [1.82, 2.24) is 15.2 Å². The van der Waals surface area contributed by atoms with Crippen LogP contribution in [-0.4, -0.2) is 33.3 Å². The van der Waals surface area contributed by atoms with E-state index in [1.54, 1.807) is 18.0 Å². The molecule has 0 saturated heterocycles. The van der Waals surface area contributed by atoms with E-state index in [1.165, 1.54) is 6.92 Å². The van der Waals surface area contributed by atoms with E-state index in [1.807, 2.05) is 60.7 Å².